The van der Waals surface area contributed by atoms with Gasteiger partial charge in [0.05, 0.1) is 12.2 Å². The van der Waals surface area contributed by atoms with E-state index in [1.54, 1.807) is 22.9 Å². The minimum Gasteiger partial charge on any atom is -0.289 e. The molecule has 0 saturated heterocycles. The highest BCUT2D eigenvalue weighted by Crippen LogP contribution is 2.26. The molecule has 0 bridgehead atoms. The SMILES string of the molecule is Cc1ccc(-c2cc(C(=O)NN)nn2Cc2ccc(Cl)cc2Cl)cc1. The van der Waals surface area contributed by atoms with E-state index in [-0.39, 0.29) is 5.69 Å². The van der Waals surface area contributed by atoms with Crippen LogP contribution >= 0.6 is 23.2 Å². The molecule has 1 aromatic heterocycles. The van der Waals surface area contributed by atoms with Crippen LogP contribution in [0.3, 0.4) is 0 Å². The van der Waals surface area contributed by atoms with Crippen molar-refractivity contribution < 1.29 is 4.79 Å². The third-order valence-corrected chi connectivity index (χ3v) is 4.41. The first kappa shape index (κ1) is 17.5. The van der Waals surface area contributed by atoms with E-state index >= 15 is 0 Å². The number of amides is 1. The van der Waals surface area contributed by atoms with E-state index in [1.807, 2.05) is 37.3 Å². The van der Waals surface area contributed by atoms with Crippen LogP contribution in [0.2, 0.25) is 10.0 Å². The topological polar surface area (TPSA) is 72.9 Å². The minimum atomic E-state index is -0.450. The van der Waals surface area contributed by atoms with Gasteiger partial charge in [0.1, 0.15) is 0 Å². The van der Waals surface area contributed by atoms with Gasteiger partial charge in [0, 0.05) is 10.0 Å². The molecular weight excluding hydrogens is 359 g/mol. The quantitative estimate of drug-likeness (QED) is 0.414. The molecule has 1 heterocycles. The van der Waals surface area contributed by atoms with Crippen molar-refractivity contribution in [2.24, 2.45) is 5.84 Å². The lowest BCUT2D eigenvalue weighted by atomic mass is 10.1. The van der Waals surface area contributed by atoms with Crippen molar-refractivity contribution in [2.75, 3.05) is 0 Å². The average molecular weight is 375 g/mol. The highest BCUT2D eigenvalue weighted by molar-refractivity contribution is 6.35. The first-order valence-corrected chi connectivity index (χ1v) is 8.33. The van der Waals surface area contributed by atoms with Crippen molar-refractivity contribution in [3.05, 3.63) is 75.4 Å². The molecule has 0 atom stereocenters. The van der Waals surface area contributed by atoms with Gasteiger partial charge in [0.25, 0.3) is 5.91 Å². The molecule has 0 aliphatic heterocycles. The number of halogens is 2. The molecule has 3 aromatic rings. The second kappa shape index (κ2) is 7.27. The zero-order chi connectivity index (χ0) is 18.0. The third-order valence-electron chi connectivity index (χ3n) is 3.83. The molecule has 3 N–H and O–H groups in total. The van der Waals surface area contributed by atoms with E-state index in [0.717, 1.165) is 22.4 Å². The van der Waals surface area contributed by atoms with E-state index in [0.29, 0.717) is 16.6 Å². The summed E-state index contributed by atoms with van der Waals surface area (Å²) in [6, 6.07) is 15.0. The molecule has 25 heavy (non-hydrogen) atoms. The van der Waals surface area contributed by atoms with Crippen molar-refractivity contribution in [3.63, 3.8) is 0 Å². The molecule has 0 aliphatic rings. The maximum atomic E-state index is 11.9. The molecule has 0 fully saturated rings. The Balaban J connectivity index is 2.05. The largest absolute Gasteiger partial charge is 0.289 e. The lowest BCUT2D eigenvalue weighted by Crippen LogP contribution is -2.30. The minimum absolute atomic E-state index is 0.239. The summed E-state index contributed by atoms with van der Waals surface area (Å²) < 4.78 is 1.73. The van der Waals surface area contributed by atoms with Gasteiger partial charge in [-0.15, -0.1) is 0 Å². The molecule has 1 amide bonds. The Kier molecular flexibility index (Phi) is 5.08. The first-order valence-electron chi connectivity index (χ1n) is 7.57. The Morgan fingerprint density at radius 2 is 1.88 bits per heavy atom. The molecule has 0 saturated carbocycles. The number of benzene rings is 2. The van der Waals surface area contributed by atoms with Gasteiger partial charge in [-0.05, 0) is 36.2 Å². The van der Waals surface area contributed by atoms with Crippen LogP contribution in [0.4, 0.5) is 0 Å². The summed E-state index contributed by atoms with van der Waals surface area (Å²) in [5.74, 6) is 4.78. The number of nitrogens with two attached hydrogens (primary N) is 1. The molecule has 128 valence electrons. The highest BCUT2D eigenvalue weighted by atomic mass is 35.5. The Bertz CT molecular complexity index is 919. The van der Waals surface area contributed by atoms with Gasteiger partial charge in [0.2, 0.25) is 0 Å². The van der Waals surface area contributed by atoms with Gasteiger partial charge >= 0.3 is 0 Å². The maximum Gasteiger partial charge on any atom is 0.285 e. The smallest absolute Gasteiger partial charge is 0.285 e. The van der Waals surface area contributed by atoms with Crippen molar-refractivity contribution in [1.82, 2.24) is 15.2 Å². The maximum absolute atomic E-state index is 11.9. The average Bonchev–Trinajstić information content (AvgIpc) is 3.01. The van der Waals surface area contributed by atoms with Crippen LogP contribution < -0.4 is 11.3 Å². The standard InChI is InChI=1S/C18H16Cl2N4O/c1-11-2-4-12(5-3-11)17-9-16(18(25)22-21)23-24(17)10-13-6-7-14(19)8-15(13)20/h2-9H,10,21H2,1H3,(H,22,25). The zero-order valence-corrected chi connectivity index (χ0v) is 15.0. The number of hydrogen-bond acceptors (Lipinski definition) is 3. The summed E-state index contributed by atoms with van der Waals surface area (Å²) in [5, 5.41) is 5.48. The molecule has 5 nitrogen and oxygen atoms in total. The molecule has 0 radical (unpaired) electrons. The summed E-state index contributed by atoms with van der Waals surface area (Å²) >= 11 is 12.2. The zero-order valence-electron chi connectivity index (χ0n) is 13.5. The van der Waals surface area contributed by atoms with Crippen LogP contribution in [0, 0.1) is 6.92 Å². The summed E-state index contributed by atoms with van der Waals surface area (Å²) in [7, 11) is 0. The number of rotatable bonds is 4. The number of carbonyl (C=O) groups excluding carboxylic acids is 1. The van der Waals surface area contributed by atoms with Crippen LogP contribution in [0.15, 0.2) is 48.5 Å². The molecule has 0 spiro atoms. The van der Waals surface area contributed by atoms with E-state index in [4.69, 9.17) is 29.0 Å². The molecule has 0 unspecified atom stereocenters. The Morgan fingerprint density at radius 3 is 2.52 bits per heavy atom. The van der Waals surface area contributed by atoms with Crippen molar-refractivity contribution in [2.45, 2.75) is 13.5 Å². The van der Waals surface area contributed by atoms with Crippen LogP contribution in [-0.2, 0) is 6.54 Å². The lowest BCUT2D eigenvalue weighted by Gasteiger charge is -2.10. The number of nitrogen functional groups attached to an aromatic ring is 1. The van der Waals surface area contributed by atoms with Gasteiger partial charge in [0.15, 0.2) is 5.69 Å². The van der Waals surface area contributed by atoms with E-state index < -0.39 is 5.91 Å². The Morgan fingerprint density at radius 1 is 1.16 bits per heavy atom. The number of nitrogens with one attached hydrogen (secondary N) is 1. The predicted molar refractivity (Wildman–Crippen MR) is 99.6 cm³/mol. The molecule has 3 rings (SSSR count). The van der Waals surface area contributed by atoms with Gasteiger partial charge < -0.3 is 0 Å². The Hall–Kier alpha value is -2.34. The highest BCUT2D eigenvalue weighted by Gasteiger charge is 2.16. The first-order chi connectivity index (χ1) is 12.0. The normalized spacial score (nSPS) is 10.7. The molecule has 7 heteroatoms. The number of carbonyl (C=O) groups is 1. The van der Waals surface area contributed by atoms with Gasteiger partial charge in [-0.1, -0.05) is 59.1 Å². The summed E-state index contributed by atoms with van der Waals surface area (Å²) in [6.45, 7) is 2.42. The van der Waals surface area contributed by atoms with Gasteiger partial charge in [-0.3, -0.25) is 14.9 Å². The number of hydrogen-bond donors (Lipinski definition) is 2. The van der Waals surface area contributed by atoms with E-state index in [1.165, 1.54) is 0 Å². The predicted octanol–water partition coefficient (Wildman–Crippen LogP) is 3.82. The van der Waals surface area contributed by atoms with Crippen LogP contribution in [-0.4, -0.2) is 15.7 Å². The molecular formula is C18H16Cl2N4O. The fourth-order valence-corrected chi connectivity index (χ4v) is 2.96. The summed E-state index contributed by atoms with van der Waals surface area (Å²) in [6.07, 6.45) is 0. The monoisotopic (exact) mass is 374 g/mol. The number of nitrogens with zero attached hydrogens (tertiary/aromatic N) is 2. The third kappa shape index (κ3) is 3.85. The van der Waals surface area contributed by atoms with Crippen molar-refractivity contribution in [1.29, 1.82) is 0 Å². The number of aromatic nitrogens is 2. The van der Waals surface area contributed by atoms with Gasteiger partial charge in [-0.25, -0.2) is 5.84 Å². The number of hydrazine groups is 1. The number of aryl methyl sites for hydroxylation is 1. The summed E-state index contributed by atoms with van der Waals surface area (Å²) in [5.41, 5.74) is 6.08. The van der Waals surface area contributed by atoms with Crippen molar-refractivity contribution >= 4 is 29.1 Å². The lowest BCUT2D eigenvalue weighted by molar-refractivity contribution is 0.0948. The van der Waals surface area contributed by atoms with Gasteiger partial charge in [-0.2, -0.15) is 5.10 Å². The fourth-order valence-electron chi connectivity index (χ4n) is 2.49. The van der Waals surface area contributed by atoms with Crippen molar-refractivity contribution in [3.8, 4) is 11.3 Å². The second-order valence-corrected chi connectivity index (χ2v) is 6.49. The van der Waals surface area contributed by atoms with E-state index in [9.17, 15) is 4.79 Å². The fraction of sp³-hybridized carbons (Fsp3) is 0.111. The molecule has 2 aromatic carbocycles. The van der Waals surface area contributed by atoms with Crippen LogP contribution in [0.25, 0.3) is 11.3 Å². The molecule has 0 aliphatic carbocycles. The van der Waals surface area contributed by atoms with E-state index in [2.05, 4.69) is 10.5 Å². The second-order valence-electron chi connectivity index (χ2n) is 5.65. The van der Waals surface area contributed by atoms with Crippen LogP contribution in [0.1, 0.15) is 21.6 Å². The Labute approximate surface area is 155 Å². The van der Waals surface area contributed by atoms with Crippen LogP contribution in [0.5, 0.6) is 0 Å². The summed E-state index contributed by atoms with van der Waals surface area (Å²) in [4.78, 5) is 11.9.